The van der Waals surface area contributed by atoms with E-state index in [1.54, 1.807) is 0 Å². The molecule has 0 heterocycles. The standard InChI is InChI=1S/C10H21NO3S/c1-10(2,3)14-9(13)7-15-6-8(11)4-5-12/h8,12H,4-7,11H2,1-3H3. The summed E-state index contributed by atoms with van der Waals surface area (Å²) in [7, 11) is 0. The van der Waals surface area contributed by atoms with E-state index in [0.717, 1.165) is 0 Å². The lowest BCUT2D eigenvalue weighted by Crippen LogP contribution is -2.27. The summed E-state index contributed by atoms with van der Waals surface area (Å²) in [4.78, 5) is 11.3. The Morgan fingerprint density at radius 2 is 2.13 bits per heavy atom. The Hall–Kier alpha value is -0.260. The maximum atomic E-state index is 11.3. The van der Waals surface area contributed by atoms with Gasteiger partial charge in [-0.05, 0) is 27.2 Å². The molecule has 0 aliphatic carbocycles. The quantitative estimate of drug-likeness (QED) is 0.665. The molecule has 0 aromatic heterocycles. The number of hydrogen-bond donors (Lipinski definition) is 2. The summed E-state index contributed by atoms with van der Waals surface area (Å²) in [5.41, 5.74) is 5.24. The van der Waals surface area contributed by atoms with E-state index in [4.69, 9.17) is 15.6 Å². The number of nitrogens with two attached hydrogens (primary N) is 1. The number of aliphatic hydroxyl groups is 1. The van der Waals surface area contributed by atoms with Crippen molar-refractivity contribution in [3.05, 3.63) is 0 Å². The number of esters is 1. The van der Waals surface area contributed by atoms with Crippen LogP contribution in [-0.2, 0) is 9.53 Å². The fourth-order valence-corrected chi connectivity index (χ4v) is 1.73. The van der Waals surface area contributed by atoms with Gasteiger partial charge in [0.2, 0.25) is 0 Å². The van der Waals surface area contributed by atoms with Crippen molar-refractivity contribution in [1.82, 2.24) is 0 Å². The number of rotatable bonds is 6. The summed E-state index contributed by atoms with van der Waals surface area (Å²) in [6, 6.07) is -0.0533. The zero-order valence-electron chi connectivity index (χ0n) is 9.66. The van der Waals surface area contributed by atoms with Crippen LogP contribution in [0.3, 0.4) is 0 Å². The van der Waals surface area contributed by atoms with Crippen molar-refractivity contribution in [3.8, 4) is 0 Å². The van der Waals surface area contributed by atoms with Gasteiger partial charge in [-0.25, -0.2) is 0 Å². The van der Waals surface area contributed by atoms with E-state index >= 15 is 0 Å². The Balaban J connectivity index is 3.55. The molecule has 15 heavy (non-hydrogen) atoms. The lowest BCUT2D eigenvalue weighted by Gasteiger charge is -2.19. The molecule has 4 nitrogen and oxygen atoms in total. The van der Waals surface area contributed by atoms with Gasteiger partial charge in [-0.1, -0.05) is 0 Å². The predicted octanol–water partition coefficient (Wildman–Crippen LogP) is 0.771. The Morgan fingerprint density at radius 1 is 1.53 bits per heavy atom. The highest BCUT2D eigenvalue weighted by Crippen LogP contribution is 2.10. The normalized spacial score (nSPS) is 13.7. The third-order valence-electron chi connectivity index (χ3n) is 1.47. The molecular weight excluding hydrogens is 214 g/mol. The first-order valence-corrected chi connectivity index (χ1v) is 6.16. The number of hydrogen-bond acceptors (Lipinski definition) is 5. The van der Waals surface area contributed by atoms with E-state index in [9.17, 15) is 4.79 Å². The van der Waals surface area contributed by atoms with Gasteiger partial charge in [-0.15, -0.1) is 11.8 Å². The second-order valence-corrected chi connectivity index (χ2v) is 5.40. The summed E-state index contributed by atoms with van der Waals surface area (Å²) >= 11 is 1.44. The van der Waals surface area contributed by atoms with Crippen LogP contribution in [0.4, 0.5) is 0 Å². The molecule has 1 atom stereocenters. The molecule has 0 radical (unpaired) electrons. The molecule has 0 saturated heterocycles. The SMILES string of the molecule is CC(C)(C)OC(=O)CSCC(N)CCO. The maximum Gasteiger partial charge on any atom is 0.316 e. The number of thioether (sulfide) groups is 1. The van der Waals surface area contributed by atoms with Crippen molar-refractivity contribution >= 4 is 17.7 Å². The Morgan fingerprint density at radius 3 is 2.60 bits per heavy atom. The smallest absolute Gasteiger partial charge is 0.316 e. The number of carbonyl (C=O) groups is 1. The monoisotopic (exact) mass is 235 g/mol. The molecule has 0 aliphatic heterocycles. The molecule has 0 bridgehead atoms. The lowest BCUT2D eigenvalue weighted by atomic mass is 10.2. The molecule has 90 valence electrons. The van der Waals surface area contributed by atoms with Crippen LogP contribution >= 0.6 is 11.8 Å². The summed E-state index contributed by atoms with van der Waals surface area (Å²) in [6.45, 7) is 5.61. The van der Waals surface area contributed by atoms with Gasteiger partial charge < -0.3 is 15.6 Å². The highest BCUT2D eigenvalue weighted by Gasteiger charge is 2.16. The third-order valence-corrected chi connectivity index (χ3v) is 2.58. The molecule has 3 N–H and O–H groups in total. The van der Waals surface area contributed by atoms with Crippen LogP contribution in [0.2, 0.25) is 0 Å². The van der Waals surface area contributed by atoms with Crippen LogP contribution < -0.4 is 5.73 Å². The second-order valence-electron chi connectivity index (χ2n) is 4.37. The van der Waals surface area contributed by atoms with Gasteiger partial charge >= 0.3 is 5.97 Å². The third kappa shape index (κ3) is 10.0. The first-order valence-electron chi connectivity index (χ1n) is 5.01. The molecule has 0 spiro atoms. The van der Waals surface area contributed by atoms with Gasteiger partial charge in [-0.2, -0.15) is 0 Å². The van der Waals surface area contributed by atoms with E-state index < -0.39 is 5.60 Å². The first-order chi connectivity index (χ1) is 6.85. The van der Waals surface area contributed by atoms with Crippen LogP contribution in [0.25, 0.3) is 0 Å². The molecule has 0 aliphatic rings. The van der Waals surface area contributed by atoms with E-state index in [0.29, 0.717) is 17.9 Å². The summed E-state index contributed by atoms with van der Waals surface area (Å²) < 4.78 is 5.13. The molecule has 5 heteroatoms. The Bertz CT molecular complexity index is 192. The minimum atomic E-state index is -0.426. The molecule has 0 aromatic rings. The van der Waals surface area contributed by atoms with Crippen LogP contribution in [0.15, 0.2) is 0 Å². The highest BCUT2D eigenvalue weighted by molar-refractivity contribution is 7.99. The van der Waals surface area contributed by atoms with Gasteiger partial charge in [0, 0.05) is 18.4 Å². The molecule has 0 aromatic carbocycles. The summed E-state index contributed by atoms with van der Waals surface area (Å²) in [5, 5.41) is 8.62. The first kappa shape index (κ1) is 14.7. The zero-order valence-corrected chi connectivity index (χ0v) is 10.5. The van der Waals surface area contributed by atoms with Crippen LogP contribution in [0.1, 0.15) is 27.2 Å². The maximum absolute atomic E-state index is 11.3. The Labute approximate surface area is 95.6 Å². The Kier molecular flexibility index (Phi) is 6.96. The van der Waals surface area contributed by atoms with E-state index in [2.05, 4.69) is 0 Å². The number of carbonyl (C=O) groups excluding carboxylic acids is 1. The molecule has 0 fully saturated rings. The zero-order chi connectivity index (χ0) is 11.9. The topological polar surface area (TPSA) is 72.5 Å². The van der Waals surface area contributed by atoms with Crippen molar-refractivity contribution in [2.75, 3.05) is 18.1 Å². The van der Waals surface area contributed by atoms with Crippen molar-refractivity contribution in [2.24, 2.45) is 5.73 Å². The fourth-order valence-electron chi connectivity index (χ4n) is 0.914. The average Bonchev–Trinajstić information content (AvgIpc) is 2.00. The van der Waals surface area contributed by atoms with Gasteiger partial charge in [0.05, 0.1) is 5.75 Å². The van der Waals surface area contributed by atoms with Crippen molar-refractivity contribution in [3.63, 3.8) is 0 Å². The molecule has 0 amide bonds. The second kappa shape index (κ2) is 7.09. The minimum absolute atomic E-state index is 0.0533. The highest BCUT2D eigenvalue weighted by atomic mass is 32.2. The van der Waals surface area contributed by atoms with Crippen molar-refractivity contribution in [2.45, 2.75) is 38.8 Å². The fraction of sp³-hybridized carbons (Fsp3) is 0.900. The largest absolute Gasteiger partial charge is 0.459 e. The predicted molar refractivity (Wildman–Crippen MR) is 62.8 cm³/mol. The summed E-state index contributed by atoms with van der Waals surface area (Å²) in [5.74, 6) is 0.764. The molecule has 0 rings (SSSR count). The van der Waals surface area contributed by atoms with Crippen LogP contribution in [-0.4, -0.2) is 40.8 Å². The van der Waals surface area contributed by atoms with E-state index in [1.165, 1.54) is 11.8 Å². The average molecular weight is 235 g/mol. The summed E-state index contributed by atoms with van der Waals surface area (Å²) in [6.07, 6.45) is 0.571. The van der Waals surface area contributed by atoms with Crippen LogP contribution in [0.5, 0.6) is 0 Å². The van der Waals surface area contributed by atoms with Gasteiger partial charge in [0.1, 0.15) is 5.60 Å². The van der Waals surface area contributed by atoms with E-state index in [-0.39, 0.29) is 18.6 Å². The van der Waals surface area contributed by atoms with Crippen molar-refractivity contribution in [1.29, 1.82) is 0 Å². The van der Waals surface area contributed by atoms with Gasteiger partial charge in [-0.3, -0.25) is 4.79 Å². The van der Waals surface area contributed by atoms with Gasteiger partial charge in [0.25, 0.3) is 0 Å². The number of ether oxygens (including phenoxy) is 1. The molecular formula is C10H21NO3S. The molecule has 0 saturated carbocycles. The minimum Gasteiger partial charge on any atom is -0.459 e. The van der Waals surface area contributed by atoms with Crippen LogP contribution in [0, 0.1) is 0 Å². The van der Waals surface area contributed by atoms with Gasteiger partial charge in [0.15, 0.2) is 0 Å². The van der Waals surface area contributed by atoms with E-state index in [1.807, 2.05) is 20.8 Å². The van der Waals surface area contributed by atoms with Crippen molar-refractivity contribution < 1.29 is 14.6 Å². The molecule has 1 unspecified atom stereocenters. The number of aliphatic hydroxyl groups excluding tert-OH is 1. The lowest BCUT2D eigenvalue weighted by molar-refractivity contribution is -0.151.